The van der Waals surface area contributed by atoms with Crippen molar-refractivity contribution >= 4 is 11.9 Å². The fraction of sp³-hybridized carbons (Fsp3) is 0.333. The number of benzene rings is 2. The molecular formula is C21H25NO4. The topological polar surface area (TPSA) is 75.6 Å². The number of carboxylic acids is 1. The number of rotatable bonds is 9. The van der Waals surface area contributed by atoms with Crippen LogP contribution in [0.5, 0.6) is 5.75 Å². The van der Waals surface area contributed by atoms with E-state index in [1.807, 2.05) is 26.0 Å². The monoisotopic (exact) mass is 355 g/mol. The minimum absolute atomic E-state index is 0.0481. The Morgan fingerprint density at radius 2 is 1.65 bits per heavy atom. The fourth-order valence-corrected chi connectivity index (χ4v) is 2.57. The molecule has 0 aromatic heterocycles. The summed E-state index contributed by atoms with van der Waals surface area (Å²) in [7, 11) is 0. The van der Waals surface area contributed by atoms with E-state index in [2.05, 4.69) is 29.6 Å². The standard InChI is InChI=1S/C21H25NO4/c1-15-3-5-18(6-4-15)13-16(2)21(25)22-12-11-17-7-9-19(10-8-17)26-14-20(23)24/h3-10,16H,11-14H2,1-2H3,(H,22,25)(H,23,24). The molecule has 0 heterocycles. The molecule has 2 aromatic rings. The van der Waals surface area contributed by atoms with Gasteiger partial charge in [0.1, 0.15) is 5.75 Å². The number of carboxylic acid groups (broad SMARTS) is 1. The molecule has 0 aliphatic carbocycles. The van der Waals surface area contributed by atoms with Crippen LogP contribution < -0.4 is 10.1 Å². The number of amides is 1. The zero-order chi connectivity index (χ0) is 18.9. The second-order valence-electron chi connectivity index (χ2n) is 6.46. The highest BCUT2D eigenvalue weighted by Gasteiger charge is 2.13. The second-order valence-corrected chi connectivity index (χ2v) is 6.46. The first-order valence-corrected chi connectivity index (χ1v) is 8.71. The quantitative estimate of drug-likeness (QED) is 0.725. The Bertz CT molecular complexity index is 723. The van der Waals surface area contributed by atoms with Gasteiger partial charge in [-0.05, 0) is 43.0 Å². The first-order valence-electron chi connectivity index (χ1n) is 8.71. The van der Waals surface area contributed by atoms with Gasteiger partial charge in [0, 0.05) is 12.5 Å². The molecule has 1 unspecified atom stereocenters. The molecule has 0 saturated carbocycles. The van der Waals surface area contributed by atoms with Gasteiger partial charge in [0.05, 0.1) is 0 Å². The normalized spacial score (nSPS) is 11.6. The number of hydrogen-bond acceptors (Lipinski definition) is 3. The van der Waals surface area contributed by atoms with Crippen molar-refractivity contribution in [3.05, 3.63) is 65.2 Å². The Balaban J connectivity index is 1.73. The molecular weight excluding hydrogens is 330 g/mol. The number of ether oxygens (including phenoxy) is 1. The average Bonchev–Trinajstić information content (AvgIpc) is 2.62. The summed E-state index contributed by atoms with van der Waals surface area (Å²) in [6.07, 6.45) is 1.43. The molecule has 138 valence electrons. The van der Waals surface area contributed by atoms with Crippen LogP contribution in [0, 0.1) is 12.8 Å². The van der Waals surface area contributed by atoms with Crippen LogP contribution in [0.15, 0.2) is 48.5 Å². The molecule has 0 aliphatic heterocycles. The molecule has 0 fully saturated rings. The summed E-state index contributed by atoms with van der Waals surface area (Å²) >= 11 is 0. The molecule has 0 saturated heterocycles. The van der Waals surface area contributed by atoms with Crippen LogP contribution in [0.25, 0.3) is 0 Å². The van der Waals surface area contributed by atoms with Crippen molar-refractivity contribution in [1.29, 1.82) is 0 Å². The highest BCUT2D eigenvalue weighted by Crippen LogP contribution is 2.13. The molecule has 0 radical (unpaired) electrons. The van der Waals surface area contributed by atoms with E-state index in [0.29, 0.717) is 18.7 Å². The molecule has 0 bridgehead atoms. The molecule has 26 heavy (non-hydrogen) atoms. The van der Waals surface area contributed by atoms with Crippen molar-refractivity contribution in [2.24, 2.45) is 5.92 Å². The summed E-state index contributed by atoms with van der Waals surface area (Å²) in [5.74, 6) is -0.514. The van der Waals surface area contributed by atoms with E-state index in [1.54, 1.807) is 12.1 Å². The SMILES string of the molecule is Cc1ccc(CC(C)C(=O)NCCc2ccc(OCC(=O)O)cc2)cc1. The lowest BCUT2D eigenvalue weighted by molar-refractivity contribution is -0.139. The van der Waals surface area contributed by atoms with Crippen LogP contribution in [0.4, 0.5) is 0 Å². The zero-order valence-electron chi connectivity index (χ0n) is 15.2. The lowest BCUT2D eigenvalue weighted by atomic mass is 9.99. The summed E-state index contributed by atoms with van der Waals surface area (Å²) in [5, 5.41) is 11.6. The summed E-state index contributed by atoms with van der Waals surface area (Å²) in [5.41, 5.74) is 3.43. The van der Waals surface area contributed by atoms with Crippen molar-refractivity contribution in [1.82, 2.24) is 5.32 Å². The van der Waals surface area contributed by atoms with Gasteiger partial charge in [-0.2, -0.15) is 0 Å². The summed E-state index contributed by atoms with van der Waals surface area (Å²) in [6.45, 7) is 4.19. The highest BCUT2D eigenvalue weighted by molar-refractivity contribution is 5.78. The van der Waals surface area contributed by atoms with E-state index in [1.165, 1.54) is 5.56 Å². The molecule has 5 nitrogen and oxygen atoms in total. The Morgan fingerprint density at radius 3 is 2.27 bits per heavy atom. The Hall–Kier alpha value is -2.82. The van der Waals surface area contributed by atoms with Crippen molar-refractivity contribution in [2.75, 3.05) is 13.2 Å². The van der Waals surface area contributed by atoms with E-state index >= 15 is 0 Å². The van der Waals surface area contributed by atoms with Crippen LogP contribution in [0.2, 0.25) is 0 Å². The van der Waals surface area contributed by atoms with E-state index in [9.17, 15) is 9.59 Å². The molecule has 2 N–H and O–H groups in total. The second kappa shape index (κ2) is 9.61. The minimum atomic E-state index is -1.00. The number of carbonyl (C=O) groups is 2. The zero-order valence-corrected chi connectivity index (χ0v) is 15.2. The van der Waals surface area contributed by atoms with Crippen molar-refractivity contribution in [3.8, 4) is 5.75 Å². The first-order chi connectivity index (χ1) is 12.4. The predicted molar refractivity (Wildman–Crippen MR) is 100 cm³/mol. The van der Waals surface area contributed by atoms with Gasteiger partial charge in [0.15, 0.2) is 6.61 Å². The van der Waals surface area contributed by atoms with Gasteiger partial charge in [-0.15, -0.1) is 0 Å². The van der Waals surface area contributed by atoms with Crippen molar-refractivity contribution in [3.63, 3.8) is 0 Å². The molecule has 1 atom stereocenters. The van der Waals surface area contributed by atoms with Gasteiger partial charge in [0.2, 0.25) is 5.91 Å². The van der Waals surface area contributed by atoms with E-state index < -0.39 is 5.97 Å². The van der Waals surface area contributed by atoms with Crippen LogP contribution in [0.3, 0.4) is 0 Å². The van der Waals surface area contributed by atoms with E-state index in [4.69, 9.17) is 9.84 Å². The molecule has 2 rings (SSSR count). The molecule has 0 aliphatic rings. The number of carbonyl (C=O) groups excluding carboxylic acids is 1. The van der Waals surface area contributed by atoms with E-state index in [0.717, 1.165) is 17.5 Å². The lowest BCUT2D eigenvalue weighted by Crippen LogP contribution is -2.31. The molecule has 0 spiro atoms. The number of nitrogens with one attached hydrogen (secondary N) is 1. The highest BCUT2D eigenvalue weighted by atomic mass is 16.5. The maximum Gasteiger partial charge on any atom is 0.341 e. The molecule has 5 heteroatoms. The third-order valence-electron chi connectivity index (χ3n) is 4.11. The third kappa shape index (κ3) is 6.59. The van der Waals surface area contributed by atoms with Gasteiger partial charge in [-0.1, -0.05) is 48.9 Å². The van der Waals surface area contributed by atoms with Crippen LogP contribution in [0.1, 0.15) is 23.6 Å². The maximum absolute atomic E-state index is 12.2. The van der Waals surface area contributed by atoms with Crippen molar-refractivity contribution < 1.29 is 19.4 Å². The Kier molecular flexibility index (Phi) is 7.21. The summed E-state index contributed by atoms with van der Waals surface area (Å²) in [4.78, 5) is 22.7. The van der Waals surface area contributed by atoms with Gasteiger partial charge < -0.3 is 15.2 Å². The van der Waals surface area contributed by atoms with Gasteiger partial charge >= 0.3 is 5.97 Å². The van der Waals surface area contributed by atoms with Crippen LogP contribution in [-0.2, 0) is 22.4 Å². The predicted octanol–water partition coefficient (Wildman–Crippen LogP) is 3.00. The van der Waals surface area contributed by atoms with E-state index in [-0.39, 0.29) is 18.4 Å². The van der Waals surface area contributed by atoms with Crippen LogP contribution in [-0.4, -0.2) is 30.1 Å². The lowest BCUT2D eigenvalue weighted by Gasteiger charge is -2.13. The summed E-state index contributed by atoms with van der Waals surface area (Å²) in [6, 6.07) is 15.5. The van der Waals surface area contributed by atoms with Gasteiger partial charge in [0.25, 0.3) is 0 Å². The first kappa shape index (κ1) is 19.5. The molecule has 2 aromatic carbocycles. The number of hydrogen-bond donors (Lipinski definition) is 2. The van der Waals surface area contributed by atoms with Crippen molar-refractivity contribution in [2.45, 2.75) is 26.7 Å². The van der Waals surface area contributed by atoms with Crippen LogP contribution >= 0.6 is 0 Å². The smallest absolute Gasteiger partial charge is 0.341 e. The minimum Gasteiger partial charge on any atom is -0.482 e. The Labute approximate surface area is 154 Å². The summed E-state index contributed by atoms with van der Waals surface area (Å²) < 4.78 is 5.09. The maximum atomic E-state index is 12.2. The number of aryl methyl sites for hydroxylation is 1. The molecule has 1 amide bonds. The van der Waals surface area contributed by atoms with Gasteiger partial charge in [-0.3, -0.25) is 4.79 Å². The largest absolute Gasteiger partial charge is 0.482 e. The fourth-order valence-electron chi connectivity index (χ4n) is 2.57. The Morgan fingerprint density at radius 1 is 1.04 bits per heavy atom. The average molecular weight is 355 g/mol. The van der Waals surface area contributed by atoms with Gasteiger partial charge in [-0.25, -0.2) is 4.79 Å². The third-order valence-corrected chi connectivity index (χ3v) is 4.11. The number of aliphatic carboxylic acids is 1.